The molecular weight excluding hydrogens is 268 g/mol. The second kappa shape index (κ2) is 5.15. The molecule has 0 spiro atoms. The zero-order chi connectivity index (χ0) is 14.9. The maximum atomic E-state index is 4.84. The van der Waals surface area contributed by atoms with E-state index in [0.717, 1.165) is 28.1 Å². The van der Waals surface area contributed by atoms with Crippen molar-refractivity contribution in [3.8, 4) is 17.1 Å². The molecule has 0 fully saturated rings. The molecule has 2 nitrogen and oxygen atoms in total. The lowest BCUT2D eigenvalue weighted by atomic mass is 10.2. The van der Waals surface area contributed by atoms with Gasteiger partial charge in [-0.2, -0.15) is 0 Å². The molecule has 0 saturated heterocycles. The van der Waals surface area contributed by atoms with Gasteiger partial charge in [0.1, 0.15) is 5.82 Å². The number of benzene rings is 3. The SMILES string of the molecule is Cc1ccc(-n2c(-c3ccccc3)nc3ccccc32)cc1. The second-order valence-corrected chi connectivity index (χ2v) is 5.46. The third-order valence-corrected chi connectivity index (χ3v) is 3.88. The highest BCUT2D eigenvalue weighted by atomic mass is 15.1. The van der Waals surface area contributed by atoms with Crippen molar-refractivity contribution in [3.63, 3.8) is 0 Å². The zero-order valence-electron chi connectivity index (χ0n) is 12.4. The molecule has 4 aromatic rings. The van der Waals surface area contributed by atoms with E-state index in [-0.39, 0.29) is 0 Å². The predicted molar refractivity (Wildman–Crippen MR) is 91.2 cm³/mol. The lowest BCUT2D eigenvalue weighted by Gasteiger charge is -2.10. The van der Waals surface area contributed by atoms with E-state index in [2.05, 4.69) is 66.1 Å². The average Bonchev–Trinajstić information content (AvgIpc) is 2.96. The Bertz CT molecular complexity index is 919. The number of para-hydroxylation sites is 2. The molecule has 4 rings (SSSR count). The molecule has 0 radical (unpaired) electrons. The van der Waals surface area contributed by atoms with Crippen LogP contribution in [0, 0.1) is 6.92 Å². The second-order valence-electron chi connectivity index (χ2n) is 5.46. The Labute approximate surface area is 129 Å². The van der Waals surface area contributed by atoms with Crippen LogP contribution < -0.4 is 0 Å². The fraction of sp³-hybridized carbons (Fsp3) is 0.0500. The van der Waals surface area contributed by atoms with E-state index in [1.807, 2.05) is 24.3 Å². The van der Waals surface area contributed by atoms with Crippen molar-refractivity contribution in [1.29, 1.82) is 0 Å². The maximum Gasteiger partial charge on any atom is 0.145 e. The number of hydrogen-bond donors (Lipinski definition) is 0. The lowest BCUT2D eigenvalue weighted by Crippen LogP contribution is -1.97. The van der Waals surface area contributed by atoms with Crippen molar-refractivity contribution in [2.45, 2.75) is 6.92 Å². The van der Waals surface area contributed by atoms with Gasteiger partial charge in [0.15, 0.2) is 0 Å². The van der Waals surface area contributed by atoms with E-state index in [0.29, 0.717) is 0 Å². The van der Waals surface area contributed by atoms with Crippen LogP contribution >= 0.6 is 0 Å². The van der Waals surface area contributed by atoms with Crippen molar-refractivity contribution < 1.29 is 0 Å². The molecule has 106 valence electrons. The summed E-state index contributed by atoms with van der Waals surface area (Å²) >= 11 is 0. The Morgan fingerprint density at radius 2 is 1.41 bits per heavy atom. The van der Waals surface area contributed by atoms with Crippen LogP contribution in [0.3, 0.4) is 0 Å². The first-order chi connectivity index (χ1) is 10.8. The molecule has 2 heteroatoms. The summed E-state index contributed by atoms with van der Waals surface area (Å²) in [5.41, 5.74) is 5.67. The van der Waals surface area contributed by atoms with E-state index in [1.165, 1.54) is 5.56 Å². The van der Waals surface area contributed by atoms with Crippen molar-refractivity contribution in [3.05, 3.63) is 84.4 Å². The maximum absolute atomic E-state index is 4.84. The van der Waals surface area contributed by atoms with E-state index >= 15 is 0 Å². The highest BCUT2D eigenvalue weighted by Gasteiger charge is 2.13. The number of rotatable bonds is 2. The van der Waals surface area contributed by atoms with Crippen LogP contribution in [0.5, 0.6) is 0 Å². The molecule has 3 aromatic carbocycles. The highest BCUT2D eigenvalue weighted by Crippen LogP contribution is 2.28. The Balaban J connectivity index is 2.04. The van der Waals surface area contributed by atoms with Crippen LogP contribution in [0.25, 0.3) is 28.1 Å². The summed E-state index contributed by atoms with van der Waals surface area (Å²) in [7, 11) is 0. The first-order valence-corrected chi connectivity index (χ1v) is 7.43. The predicted octanol–water partition coefficient (Wildman–Crippen LogP) is 5.00. The smallest absolute Gasteiger partial charge is 0.145 e. The standard InChI is InChI=1S/C20H16N2/c1-15-11-13-17(14-12-15)22-19-10-6-5-9-18(19)21-20(22)16-7-3-2-4-8-16/h2-14H,1H3. The summed E-state index contributed by atoms with van der Waals surface area (Å²) in [6.07, 6.45) is 0. The van der Waals surface area contributed by atoms with Crippen LogP contribution in [0.2, 0.25) is 0 Å². The van der Waals surface area contributed by atoms with Gasteiger partial charge in [-0.15, -0.1) is 0 Å². The molecule has 1 heterocycles. The van der Waals surface area contributed by atoms with Gasteiger partial charge in [0.25, 0.3) is 0 Å². The molecule has 0 atom stereocenters. The molecule has 1 aromatic heterocycles. The van der Waals surface area contributed by atoms with Gasteiger partial charge in [0, 0.05) is 11.3 Å². The van der Waals surface area contributed by atoms with Gasteiger partial charge in [0.2, 0.25) is 0 Å². The van der Waals surface area contributed by atoms with Crippen LogP contribution in [0.15, 0.2) is 78.9 Å². The molecule has 0 amide bonds. The molecular formula is C20H16N2. The summed E-state index contributed by atoms with van der Waals surface area (Å²) in [6.45, 7) is 2.11. The monoisotopic (exact) mass is 284 g/mol. The Hall–Kier alpha value is -2.87. The van der Waals surface area contributed by atoms with Gasteiger partial charge >= 0.3 is 0 Å². The summed E-state index contributed by atoms with van der Waals surface area (Å²) in [5, 5.41) is 0. The van der Waals surface area contributed by atoms with Gasteiger partial charge in [-0.1, -0.05) is 60.2 Å². The first-order valence-electron chi connectivity index (χ1n) is 7.43. The molecule has 0 bridgehead atoms. The van der Waals surface area contributed by atoms with E-state index < -0.39 is 0 Å². The minimum Gasteiger partial charge on any atom is -0.292 e. The van der Waals surface area contributed by atoms with Gasteiger partial charge in [0.05, 0.1) is 11.0 Å². The molecule has 0 aliphatic heterocycles. The Morgan fingerprint density at radius 3 is 2.18 bits per heavy atom. The lowest BCUT2D eigenvalue weighted by molar-refractivity contribution is 1.10. The Kier molecular flexibility index (Phi) is 3.01. The van der Waals surface area contributed by atoms with Crippen LogP contribution in [0.4, 0.5) is 0 Å². The first kappa shape index (κ1) is 12.8. The van der Waals surface area contributed by atoms with Crippen molar-refractivity contribution in [1.82, 2.24) is 9.55 Å². The zero-order valence-corrected chi connectivity index (χ0v) is 12.4. The number of hydrogen-bond acceptors (Lipinski definition) is 1. The molecule has 0 unspecified atom stereocenters. The molecule has 0 aliphatic carbocycles. The topological polar surface area (TPSA) is 17.8 Å². The Morgan fingerprint density at radius 1 is 0.727 bits per heavy atom. The van der Waals surface area contributed by atoms with Crippen LogP contribution in [-0.2, 0) is 0 Å². The summed E-state index contributed by atoms with van der Waals surface area (Å²) in [4.78, 5) is 4.84. The summed E-state index contributed by atoms with van der Waals surface area (Å²) in [5.74, 6) is 0.977. The number of imidazole rings is 1. The van der Waals surface area contributed by atoms with Gasteiger partial charge in [-0.3, -0.25) is 4.57 Å². The quantitative estimate of drug-likeness (QED) is 0.506. The van der Waals surface area contributed by atoms with Gasteiger partial charge < -0.3 is 0 Å². The van der Waals surface area contributed by atoms with Gasteiger partial charge in [-0.25, -0.2) is 4.98 Å². The van der Waals surface area contributed by atoms with E-state index in [4.69, 9.17) is 4.98 Å². The fourth-order valence-electron chi connectivity index (χ4n) is 2.76. The molecule has 0 N–H and O–H groups in total. The number of fused-ring (bicyclic) bond motifs is 1. The summed E-state index contributed by atoms with van der Waals surface area (Å²) < 4.78 is 2.23. The van der Waals surface area contributed by atoms with Crippen molar-refractivity contribution in [2.24, 2.45) is 0 Å². The average molecular weight is 284 g/mol. The largest absolute Gasteiger partial charge is 0.292 e. The van der Waals surface area contributed by atoms with Crippen LogP contribution in [0.1, 0.15) is 5.56 Å². The molecule has 0 aliphatic rings. The third-order valence-electron chi connectivity index (χ3n) is 3.88. The third kappa shape index (κ3) is 2.09. The van der Waals surface area contributed by atoms with Gasteiger partial charge in [-0.05, 0) is 31.2 Å². The fourth-order valence-corrected chi connectivity index (χ4v) is 2.76. The number of nitrogens with zero attached hydrogens (tertiary/aromatic N) is 2. The minimum atomic E-state index is 0.977. The normalized spacial score (nSPS) is 11.0. The number of aryl methyl sites for hydroxylation is 1. The molecule has 0 saturated carbocycles. The van der Waals surface area contributed by atoms with Crippen molar-refractivity contribution in [2.75, 3.05) is 0 Å². The highest BCUT2D eigenvalue weighted by molar-refractivity contribution is 5.83. The van der Waals surface area contributed by atoms with E-state index in [9.17, 15) is 0 Å². The van der Waals surface area contributed by atoms with Crippen LogP contribution in [-0.4, -0.2) is 9.55 Å². The number of aromatic nitrogens is 2. The summed E-state index contributed by atoms with van der Waals surface area (Å²) in [6, 6.07) is 27.2. The van der Waals surface area contributed by atoms with E-state index in [1.54, 1.807) is 0 Å². The molecule has 22 heavy (non-hydrogen) atoms. The minimum absolute atomic E-state index is 0.977. The van der Waals surface area contributed by atoms with Crippen molar-refractivity contribution >= 4 is 11.0 Å².